The fraction of sp³-hybridized carbons (Fsp3) is 0.852. The summed E-state index contributed by atoms with van der Waals surface area (Å²) in [7, 11) is 0. The van der Waals surface area contributed by atoms with Crippen LogP contribution in [-0.4, -0.2) is 54.5 Å². The molecule has 32 heavy (non-hydrogen) atoms. The first-order valence-corrected chi connectivity index (χ1v) is 12.6. The Hall–Kier alpha value is -0.720. The maximum absolute atomic E-state index is 11.5. The molecule has 0 aromatic rings. The molecule has 0 heterocycles. The summed E-state index contributed by atoms with van der Waals surface area (Å²) in [6.45, 7) is 9.93. The molecular formula is C27H44O5. The number of allylic oxidation sites excluding steroid dienone is 3. The topological polar surface area (TPSA) is 101 Å². The molecule has 4 rings (SSSR count). The first kappa shape index (κ1) is 24.4. The fourth-order valence-corrected chi connectivity index (χ4v) is 7.94. The predicted octanol–water partition coefficient (Wildman–Crippen LogP) is 3.62. The van der Waals surface area contributed by atoms with Crippen molar-refractivity contribution in [3.05, 3.63) is 23.3 Å². The SMILES string of the molecule is CC(C)(O)CCCC(C)(O)[C@H]1CC=C2C3=C[C@H](O)[C@@]4(O)C[C@@H](O)CC[C@]4(C)[C@H]3CC[C@@]21C. The minimum atomic E-state index is -1.30. The van der Waals surface area contributed by atoms with Crippen LogP contribution in [0.15, 0.2) is 23.3 Å². The summed E-state index contributed by atoms with van der Waals surface area (Å²) < 4.78 is 0. The van der Waals surface area contributed by atoms with E-state index in [-0.39, 0.29) is 23.7 Å². The van der Waals surface area contributed by atoms with Gasteiger partial charge in [0.25, 0.3) is 0 Å². The Labute approximate surface area is 193 Å². The molecular weight excluding hydrogens is 404 g/mol. The van der Waals surface area contributed by atoms with E-state index in [1.807, 2.05) is 26.8 Å². The van der Waals surface area contributed by atoms with Crippen molar-refractivity contribution < 1.29 is 25.5 Å². The van der Waals surface area contributed by atoms with Gasteiger partial charge in [-0.25, -0.2) is 0 Å². The van der Waals surface area contributed by atoms with Crippen molar-refractivity contribution in [2.45, 2.75) is 121 Å². The first-order chi connectivity index (χ1) is 14.6. The molecule has 2 fully saturated rings. The third-order valence-corrected chi connectivity index (χ3v) is 9.93. The van der Waals surface area contributed by atoms with Gasteiger partial charge < -0.3 is 25.5 Å². The smallest absolute Gasteiger partial charge is 0.102 e. The maximum atomic E-state index is 11.5. The van der Waals surface area contributed by atoms with Gasteiger partial charge in [0.1, 0.15) is 11.7 Å². The van der Waals surface area contributed by atoms with E-state index in [9.17, 15) is 25.5 Å². The second kappa shape index (κ2) is 7.64. The quantitative estimate of drug-likeness (QED) is 0.442. The molecule has 1 unspecified atom stereocenters. The zero-order valence-corrected chi connectivity index (χ0v) is 20.6. The summed E-state index contributed by atoms with van der Waals surface area (Å²) in [5.41, 5.74) is -1.09. The lowest BCUT2D eigenvalue weighted by Gasteiger charge is -2.61. The van der Waals surface area contributed by atoms with Crippen molar-refractivity contribution in [1.29, 1.82) is 0 Å². The highest BCUT2D eigenvalue weighted by molar-refractivity contribution is 5.49. The van der Waals surface area contributed by atoms with Crippen LogP contribution in [0.25, 0.3) is 0 Å². The van der Waals surface area contributed by atoms with Crippen molar-refractivity contribution in [1.82, 2.24) is 0 Å². The molecule has 0 saturated heterocycles. The number of fused-ring (bicyclic) bond motifs is 5. The minimum Gasteiger partial charge on any atom is -0.393 e. The molecule has 8 atom stereocenters. The Balaban J connectivity index is 1.61. The van der Waals surface area contributed by atoms with Gasteiger partial charge in [-0.05, 0) is 101 Å². The predicted molar refractivity (Wildman–Crippen MR) is 125 cm³/mol. The van der Waals surface area contributed by atoms with E-state index in [0.717, 1.165) is 31.3 Å². The molecule has 0 aromatic heterocycles. The van der Waals surface area contributed by atoms with Gasteiger partial charge in [-0.1, -0.05) is 19.9 Å². The number of aliphatic hydroxyl groups excluding tert-OH is 2. The summed E-state index contributed by atoms with van der Waals surface area (Å²) in [5.74, 6) is 0.245. The standard InChI is InChI=1S/C27H44O5/c1-23(2,30)11-6-12-26(5,31)21-8-7-19-18-15-22(29)27(32)16-17(28)9-14-25(27,4)20(18)10-13-24(19,21)3/h7,15,17,20-22,28-32H,6,8-14,16H2,1-5H3/t17-,20-,21-,22-,24-,25+,26?,27-/m0/s1. The van der Waals surface area contributed by atoms with Crippen LogP contribution >= 0.6 is 0 Å². The number of hydrogen-bond donors (Lipinski definition) is 5. The molecule has 4 aliphatic carbocycles. The molecule has 2 saturated carbocycles. The summed E-state index contributed by atoms with van der Waals surface area (Å²) in [4.78, 5) is 0. The lowest BCUT2D eigenvalue weighted by atomic mass is 9.46. The van der Waals surface area contributed by atoms with Crippen molar-refractivity contribution in [3.8, 4) is 0 Å². The number of rotatable bonds is 5. The van der Waals surface area contributed by atoms with E-state index < -0.39 is 34.4 Å². The molecule has 0 bridgehead atoms. The summed E-state index contributed by atoms with van der Waals surface area (Å²) in [5, 5.41) is 54.4. The van der Waals surface area contributed by atoms with Crippen molar-refractivity contribution in [2.24, 2.45) is 22.7 Å². The largest absolute Gasteiger partial charge is 0.393 e. The van der Waals surface area contributed by atoms with E-state index in [1.54, 1.807) is 0 Å². The minimum absolute atomic E-state index is 0.0904. The summed E-state index contributed by atoms with van der Waals surface area (Å²) in [6, 6.07) is 0. The van der Waals surface area contributed by atoms with Gasteiger partial charge in [-0.3, -0.25) is 0 Å². The molecule has 5 nitrogen and oxygen atoms in total. The van der Waals surface area contributed by atoms with Crippen LogP contribution in [-0.2, 0) is 0 Å². The molecule has 5 heteroatoms. The Kier molecular flexibility index (Phi) is 5.83. The van der Waals surface area contributed by atoms with Gasteiger partial charge in [0.05, 0.1) is 17.3 Å². The van der Waals surface area contributed by atoms with Crippen LogP contribution in [0, 0.1) is 22.7 Å². The molecule has 4 aliphatic rings. The Morgan fingerprint density at radius 1 is 1.03 bits per heavy atom. The van der Waals surface area contributed by atoms with E-state index in [1.165, 1.54) is 5.57 Å². The van der Waals surface area contributed by atoms with Crippen molar-refractivity contribution >= 4 is 0 Å². The monoisotopic (exact) mass is 448 g/mol. The van der Waals surface area contributed by atoms with E-state index >= 15 is 0 Å². The number of aliphatic hydroxyl groups is 5. The third kappa shape index (κ3) is 3.63. The molecule has 0 amide bonds. The van der Waals surface area contributed by atoms with E-state index in [2.05, 4.69) is 19.9 Å². The average Bonchev–Trinajstić information content (AvgIpc) is 3.01. The van der Waals surface area contributed by atoms with Gasteiger partial charge in [0, 0.05) is 17.8 Å². The lowest BCUT2D eigenvalue weighted by Crippen LogP contribution is -2.65. The number of hydrogen-bond acceptors (Lipinski definition) is 5. The average molecular weight is 449 g/mol. The molecule has 5 N–H and O–H groups in total. The molecule has 0 radical (unpaired) electrons. The van der Waals surface area contributed by atoms with E-state index in [0.29, 0.717) is 25.7 Å². The van der Waals surface area contributed by atoms with Gasteiger partial charge in [0.2, 0.25) is 0 Å². The fourth-order valence-electron chi connectivity index (χ4n) is 7.94. The van der Waals surface area contributed by atoms with Gasteiger partial charge in [-0.2, -0.15) is 0 Å². The second-order valence-electron chi connectivity index (χ2n) is 12.7. The highest BCUT2D eigenvalue weighted by Gasteiger charge is 2.64. The molecule has 0 aromatic carbocycles. The molecule has 0 aliphatic heterocycles. The van der Waals surface area contributed by atoms with Crippen LogP contribution in [0.3, 0.4) is 0 Å². The van der Waals surface area contributed by atoms with Crippen LogP contribution in [0.1, 0.15) is 92.4 Å². The normalized spacial score (nSPS) is 45.8. The van der Waals surface area contributed by atoms with Crippen molar-refractivity contribution in [3.63, 3.8) is 0 Å². The second-order valence-corrected chi connectivity index (χ2v) is 12.7. The van der Waals surface area contributed by atoms with E-state index in [4.69, 9.17) is 0 Å². The Bertz CT molecular complexity index is 807. The van der Waals surface area contributed by atoms with Crippen LogP contribution in [0.4, 0.5) is 0 Å². The summed E-state index contributed by atoms with van der Waals surface area (Å²) in [6.07, 6.45) is 8.89. The molecule has 0 spiro atoms. The van der Waals surface area contributed by atoms with Gasteiger partial charge >= 0.3 is 0 Å². The molecule has 182 valence electrons. The summed E-state index contributed by atoms with van der Waals surface area (Å²) >= 11 is 0. The Morgan fingerprint density at radius 3 is 2.38 bits per heavy atom. The van der Waals surface area contributed by atoms with Crippen molar-refractivity contribution in [2.75, 3.05) is 0 Å². The maximum Gasteiger partial charge on any atom is 0.102 e. The van der Waals surface area contributed by atoms with Gasteiger partial charge in [0.15, 0.2) is 0 Å². The zero-order valence-electron chi connectivity index (χ0n) is 20.6. The highest BCUT2D eigenvalue weighted by atomic mass is 16.3. The van der Waals surface area contributed by atoms with Crippen LogP contribution in [0.5, 0.6) is 0 Å². The van der Waals surface area contributed by atoms with Crippen LogP contribution < -0.4 is 0 Å². The lowest BCUT2D eigenvalue weighted by molar-refractivity contribution is -0.207. The zero-order chi connectivity index (χ0) is 23.7. The Morgan fingerprint density at radius 2 is 1.72 bits per heavy atom. The first-order valence-electron chi connectivity index (χ1n) is 12.6. The van der Waals surface area contributed by atoms with Crippen LogP contribution in [0.2, 0.25) is 0 Å². The third-order valence-electron chi connectivity index (χ3n) is 9.93. The highest BCUT2D eigenvalue weighted by Crippen LogP contribution is 2.66. The van der Waals surface area contributed by atoms with Gasteiger partial charge in [-0.15, -0.1) is 0 Å².